The van der Waals surface area contributed by atoms with E-state index in [9.17, 15) is 9.90 Å². The van der Waals surface area contributed by atoms with Gasteiger partial charge in [-0.05, 0) is 44.8 Å². The monoisotopic (exact) mass is 570 g/mol. The summed E-state index contributed by atoms with van der Waals surface area (Å²) in [5, 5.41) is 19.3. The Labute approximate surface area is 243 Å². The molecule has 0 radical (unpaired) electrons. The van der Waals surface area contributed by atoms with Crippen molar-refractivity contribution < 1.29 is 23.8 Å². The van der Waals surface area contributed by atoms with Gasteiger partial charge in [0, 0.05) is 23.1 Å². The average Bonchev–Trinajstić information content (AvgIpc) is 3.60. The van der Waals surface area contributed by atoms with Gasteiger partial charge in [-0.1, -0.05) is 72.8 Å². The molecule has 204 valence electrons. The second-order valence-corrected chi connectivity index (χ2v) is 10.6. The molecule has 7 rings (SSSR count). The third-order valence-corrected chi connectivity index (χ3v) is 8.30. The predicted molar refractivity (Wildman–Crippen MR) is 160 cm³/mol. The highest BCUT2D eigenvalue weighted by Crippen LogP contribution is 2.43. The van der Waals surface area contributed by atoms with Crippen LogP contribution in [0.2, 0.25) is 0 Å². The Balaban J connectivity index is 1.46. The number of thiophene rings is 1. The first kappa shape index (κ1) is 25.4. The smallest absolute Gasteiger partial charge is 0.312 e. The molecule has 4 aromatic carbocycles. The number of rotatable bonds is 6. The van der Waals surface area contributed by atoms with E-state index < -0.39 is 11.7 Å². The maximum absolute atomic E-state index is 13.9. The quantitative estimate of drug-likeness (QED) is 0.194. The summed E-state index contributed by atoms with van der Waals surface area (Å²) in [4.78, 5) is 19.7. The minimum atomic E-state index is -0.847. The van der Waals surface area contributed by atoms with E-state index in [1.165, 1.54) is 4.68 Å². The highest BCUT2D eigenvalue weighted by Gasteiger charge is 2.32. The molecule has 0 spiro atoms. The summed E-state index contributed by atoms with van der Waals surface area (Å²) < 4.78 is 11.5. The topological polar surface area (TPSA) is 118 Å². The number of hydrogen-bond acceptors (Lipinski definition) is 8. The second kappa shape index (κ2) is 10.1. The molecular weight excluding hydrogens is 548 g/mol. The van der Waals surface area contributed by atoms with E-state index in [1.807, 2.05) is 60.7 Å². The van der Waals surface area contributed by atoms with Gasteiger partial charge >= 0.3 is 5.69 Å². The van der Waals surface area contributed by atoms with Crippen LogP contribution in [-0.2, 0) is 0 Å². The minimum Gasteiger partial charge on any atom is -0.539 e. The van der Waals surface area contributed by atoms with Gasteiger partial charge in [0.25, 0.3) is 5.78 Å². The summed E-state index contributed by atoms with van der Waals surface area (Å²) in [6.07, 6.45) is 0. The number of methoxy groups -OCH3 is 1. The Morgan fingerprint density at radius 1 is 0.929 bits per heavy atom. The van der Waals surface area contributed by atoms with Gasteiger partial charge in [0.05, 0.1) is 23.8 Å². The number of fused-ring (bicyclic) bond motifs is 2. The number of nitrogen functional groups attached to an aromatic ring is 1. The van der Waals surface area contributed by atoms with E-state index in [1.54, 1.807) is 31.4 Å². The first-order chi connectivity index (χ1) is 20.5. The Hall–Kier alpha value is -5.54. The number of anilines is 1. The molecule has 0 aliphatic heterocycles. The highest BCUT2D eigenvalue weighted by atomic mass is 32.1. The molecule has 0 fully saturated rings. The Bertz CT molecular complexity index is 2110. The SMILES string of the molecule is COc1ccc(-c2cc(-c3cccc4ccccc34)nc3sc(C(=O)c4c([O-])on[n+]4-c4ccccc4)c(N)c23)cc1. The lowest BCUT2D eigenvalue weighted by atomic mass is 9.97. The predicted octanol–water partition coefficient (Wildman–Crippen LogP) is 5.94. The van der Waals surface area contributed by atoms with Crippen molar-refractivity contribution in [2.75, 3.05) is 12.8 Å². The highest BCUT2D eigenvalue weighted by molar-refractivity contribution is 7.21. The maximum Gasteiger partial charge on any atom is 0.312 e. The van der Waals surface area contributed by atoms with Crippen LogP contribution in [0.15, 0.2) is 108 Å². The van der Waals surface area contributed by atoms with Crippen LogP contribution >= 0.6 is 11.3 Å². The molecule has 3 aromatic heterocycles. The minimum absolute atomic E-state index is 0.187. The van der Waals surface area contributed by atoms with Gasteiger partial charge in [-0.3, -0.25) is 4.79 Å². The van der Waals surface area contributed by atoms with Gasteiger partial charge in [-0.25, -0.2) is 4.98 Å². The van der Waals surface area contributed by atoms with E-state index in [4.69, 9.17) is 20.0 Å². The van der Waals surface area contributed by atoms with Crippen LogP contribution in [0.25, 0.3) is 49.1 Å². The fourth-order valence-electron chi connectivity index (χ4n) is 5.16. The fourth-order valence-corrected chi connectivity index (χ4v) is 6.23. The molecule has 0 atom stereocenters. The Kier molecular flexibility index (Phi) is 6.14. The molecule has 9 heteroatoms. The van der Waals surface area contributed by atoms with Crippen molar-refractivity contribution in [2.24, 2.45) is 0 Å². The first-order valence-corrected chi connectivity index (χ1v) is 13.9. The first-order valence-electron chi connectivity index (χ1n) is 13.1. The van der Waals surface area contributed by atoms with Crippen molar-refractivity contribution in [3.8, 4) is 39.8 Å². The molecule has 0 unspecified atom stereocenters. The van der Waals surface area contributed by atoms with E-state index in [0.29, 0.717) is 21.7 Å². The van der Waals surface area contributed by atoms with Crippen LogP contribution in [0, 0.1) is 0 Å². The zero-order valence-corrected chi connectivity index (χ0v) is 23.1. The van der Waals surface area contributed by atoms with Crippen molar-refractivity contribution in [1.29, 1.82) is 0 Å². The van der Waals surface area contributed by atoms with Crippen LogP contribution in [0.1, 0.15) is 15.4 Å². The van der Waals surface area contributed by atoms with Crippen molar-refractivity contribution in [3.63, 3.8) is 0 Å². The third-order valence-electron chi connectivity index (χ3n) is 7.20. The molecule has 0 amide bonds. The molecule has 0 aliphatic carbocycles. The summed E-state index contributed by atoms with van der Waals surface area (Å²) >= 11 is 1.14. The van der Waals surface area contributed by atoms with E-state index in [2.05, 4.69) is 23.5 Å². The zero-order chi connectivity index (χ0) is 28.8. The van der Waals surface area contributed by atoms with Gasteiger partial charge in [0.2, 0.25) is 5.69 Å². The fraction of sp³-hybridized carbons (Fsp3) is 0.0303. The number of carbonyl (C=O) groups is 1. The van der Waals surface area contributed by atoms with Crippen molar-refractivity contribution in [2.45, 2.75) is 0 Å². The van der Waals surface area contributed by atoms with Gasteiger partial charge in [0.15, 0.2) is 5.95 Å². The molecular formula is C33H22N4O4S. The third kappa shape index (κ3) is 4.15. The number of ketones is 1. The number of nitrogens with zero attached hydrogens (tertiary/aromatic N) is 3. The lowest BCUT2D eigenvalue weighted by molar-refractivity contribution is -0.672. The van der Waals surface area contributed by atoms with Crippen LogP contribution < -0.4 is 20.3 Å². The van der Waals surface area contributed by atoms with Gasteiger partial charge in [-0.15, -0.1) is 11.3 Å². The standard InChI is InChI=1S/C33H22N4O4S/c1-40-22-16-14-20(15-17-22)25-18-26(24-13-7-9-19-8-5-6-12-23(19)24)35-32-27(25)28(34)31(42-32)30(38)29-33(39)41-36-37(29)21-10-3-2-4-11-21/h2-18H,1H3,(H2-,34,36,38,39). The van der Waals surface area contributed by atoms with E-state index in [-0.39, 0.29) is 16.3 Å². The molecule has 7 aromatic rings. The number of aromatic nitrogens is 3. The second-order valence-electron chi connectivity index (χ2n) is 9.62. The number of para-hydroxylation sites is 1. The molecule has 0 saturated carbocycles. The Morgan fingerprint density at radius 2 is 1.67 bits per heavy atom. The number of pyridine rings is 1. The largest absolute Gasteiger partial charge is 0.539 e. The van der Waals surface area contributed by atoms with Gasteiger partial charge in [-0.2, -0.15) is 0 Å². The average molecular weight is 571 g/mol. The number of benzene rings is 4. The van der Waals surface area contributed by atoms with E-state index in [0.717, 1.165) is 44.5 Å². The molecule has 0 saturated heterocycles. The van der Waals surface area contributed by atoms with Crippen LogP contribution in [-0.4, -0.2) is 23.1 Å². The summed E-state index contributed by atoms with van der Waals surface area (Å²) in [7, 11) is 1.61. The molecule has 0 bridgehead atoms. The number of ether oxygens (including phenoxy) is 1. The number of hydrogen-bond donors (Lipinski definition) is 1. The van der Waals surface area contributed by atoms with Gasteiger partial charge in [0.1, 0.15) is 15.5 Å². The summed E-state index contributed by atoms with van der Waals surface area (Å²) in [6.45, 7) is 0. The van der Waals surface area contributed by atoms with Crippen molar-refractivity contribution in [1.82, 2.24) is 10.3 Å². The molecule has 8 nitrogen and oxygen atoms in total. The van der Waals surface area contributed by atoms with Crippen LogP contribution in [0.3, 0.4) is 0 Å². The zero-order valence-electron chi connectivity index (χ0n) is 22.3. The molecule has 3 heterocycles. The summed E-state index contributed by atoms with van der Waals surface area (Å²) in [5.74, 6) is -0.716. The summed E-state index contributed by atoms with van der Waals surface area (Å²) in [6, 6.07) is 32.7. The van der Waals surface area contributed by atoms with Crippen LogP contribution in [0.5, 0.6) is 11.7 Å². The molecule has 42 heavy (non-hydrogen) atoms. The lowest BCUT2D eigenvalue weighted by Crippen LogP contribution is -2.39. The van der Waals surface area contributed by atoms with Crippen molar-refractivity contribution >= 4 is 43.8 Å². The summed E-state index contributed by atoms with van der Waals surface area (Å²) in [5.41, 5.74) is 10.6. The van der Waals surface area contributed by atoms with E-state index >= 15 is 0 Å². The molecule has 2 N–H and O–H groups in total. The van der Waals surface area contributed by atoms with Gasteiger partial charge < -0.3 is 20.1 Å². The van der Waals surface area contributed by atoms with Crippen LogP contribution in [0.4, 0.5) is 5.69 Å². The Morgan fingerprint density at radius 3 is 2.45 bits per heavy atom. The molecule has 0 aliphatic rings. The lowest BCUT2D eigenvalue weighted by Gasteiger charge is -2.11. The van der Waals surface area contributed by atoms with Crippen molar-refractivity contribution in [3.05, 3.63) is 114 Å². The normalized spacial score (nSPS) is 11.3. The number of carbonyl (C=O) groups excluding carboxylic acids is 1. The maximum atomic E-state index is 13.9. The number of nitrogens with two attached hydrogens (primary N) is 1.